The number of aryl methyl sites for hydroxylation is 2. The molecular weight excluding hydrogens is 218 g/mol. The zero-order valence-corrected chi connectivity index (χ0v) is 9.64. The molecule has 6 nitrogen and oxygen atoms in total. The predicted molar refractivity (Wildman–Crippen MR) is 64.5 cm³/mol. The Morgan fingerprint density at radius 1 is 1.47 bits per heavy atom. The minimum Gasteiger partial charge on any atom is -0.397 e. The summed E-state index contributed by atoms with van der Waals surface area (Å²) in [6.07, 6.45) is 4.71. The fourth-order valence-electron chi connectivity index (χ4n) is 1.43. The molecule has 0 aliphatic rings. The lowest BCUT2D eigenvalue weighted by Gasteiger charge is -2.06. The van der Waals surface area contributed by atoms with Crippen LogP contribution in [0.1, 0.15) is 16.1 Å². The van der Waals surface area contributed by atoms with Gasteiger partial charge in [-0.1, -0.05) is 0 Å². The number of amides is 1. The number of anilines is 2. The smallest absolute Gasteiger partial charge is 0.277 e. The van der Waals surface area contributed by atoms with Gasteiger partial charge in [0, 0.05) is 13.2 Å². The highest BCUT2D eigenvalue weighted by molar-refractivity contribution is 6.02. The van der Waals surface area contributed by atoms with Crippen LogP contribution in [0.3, 0.4) is 0 Å². The second-order valence-corrected chi connectivity index (χ2v) is 3.81. The van der Waals surface area contributed by atoms with E-state index in [-0.39, 0.29) is 5.91 Å². The Balaban J connectivity index is 2.18. The van der Waals surface area contributed by atoms with Gasteiger partial charge in [-0.05, 0) is 18.6 Å². The van der Waals surface area contributed by atoms with Crippen molar-refractivity contribution in [3.63, 3.8) is 0 Å². The molecule has 6 heteroatoms. The van der Waals surface area contributed by atoms with E-state index in [2.05, 4.69) is 15.3 Å². The Kier molecular flexibility index (Phi) is 2.78. The first-order chi connectivity index (χ1) is 8.06. The number of nitrogens with one attached hydrogen (secondary N) is 1. The Hall–Kier alpha value is -2.37. The summed E-state index contributed by atoms with van der Waals surface area (Å²) in [6.45, 7) is 1.83. The summed E-state index contributed by atoms with van der Waals surface area (Å²) >= 11 is 0. The topological polar surface area (TPSA) is 85.8 Å². The Morgan fingerprint density at radius 3 is 2.82 bits per heavy atom. The minimum atomic E-state index is -0.286. The van der Waals surface area contributed by atoms with Crippen LogP contribution < -0.4 is 11.1 Å². The van der Waals surface area contributed by atoms with E-state index in [0.29, 0.717) is 17.2 Å². The van der Waals surface area contributed by atoms with Gasteiger partial charge in [-0.2, -0.15) is 0 Å². The van der Waals surface area contributed by atoms with Crippen molar-refractivity contribution in [3.05, 3.63) is 36.0 Å². The van der Waals surface area contributed by atoms with Crippen molar-refractivity contribution in [2.45, 2.75) is 6.92 Å². The number of hydrogen-bond donors (Lipinski definition) is 2. The van der Waals surface area contributed by atoms with Crippen molar-refractivity contribution in [1.29, 1.82) is 0 Å². The highest BCUT2D eigenvalue weighted by atomic mass is 16.2. The van der Waals surface area contributed by atoms with Gasteiger partial charge in [-0.15, -0.1) is 0 Å². The van der Waals surface area contributed by atoms with Crippen LogP contribution in [0.25, 0.3) is 0 Å². The second kappa shape index (κ2) is 4.25. The molecule has 0 atom stereocenters. The molecule has 2 aromatic rings. The normalized spacial score (nSPS) is 10.2. The lowest BCUT2D eigenvalue weighted by molar-refractivity contribution is 0.102. The van der Waals surface area contributed by atoms with Gasteiger partial charge < -0.3 is 15.6 Å². The first-order valence-electron chi connectivity index (χ1n) is 5.07. The molecule has 0 aromatic carbocycles. The van der Waals surface area contributed by atoms with Gasteiger partial charge >= 0.3 is 0 Å². The Morgan fingerprint density at radius 2 is 2.24 bits per heavy atom. The van der Waals surface area contributed by atoms with E-state index in [4.69, 9.17) is 5.73 Å². The van der Waals surface area contributed by atoms with E-state index in [0.717, 1.165) is 5.56 Å². The molecule has 0 unspecified atom stereocenters. The SMILES string of the molecule is Cc1cc(N)cnc1NC(=O)c1cn(C)cn1. The molecule has 2 aromatic heterocycles. The van der Waals surface area contributed by atoms with Gasteiger partial charge in [0.1, 0.15) is 11.5 Å². The van der Waals surface area contributed by atoms with Gasteiger partial charge in [-0.3, -0.25) is 4.79 Å². The van der Waals surface area contributed by atoms with Crippen molar-refractivity contribution in [3.8, 4) is 0 Å². The molecule has 2 rings (SSSR count). The molecule has 2 heterocycles. The minimum absolute atomic E-state index is 0.286. The van der Waals surface area contributed by atoms with Gasteiger partial charge in [0.05, 0.1) is 18.2 Å². The van der Waals surface area contributed by atoms with Crippen LogP contribution in [0, 0.1) is 6.92 Å². The third-order valence-electron chi connectivity index (χ3n) is 2.27. The van der Waals surface area contributed by atoms with Crippen LogP contribution in [0.2, 0.25) is 0 Å². The number of carbonyl (C=O) groups excluding carboxylic acids is 1. The number of nitrogens with zero attached hydrogens (tertiary/aromatic N) is 3. The monoisotopic (exact) mass is 231 g/mol. The molecule has 17 heavy (non-hydrogen) atoms. The van der Waals surface area contributed by atoms with Crippen molar-refractivity contribution in [2.75, 3.05) is 11.1 Å². The molecule has 3 N–H and O–H groups in total. The number of nitrogen functional groups attached to an aromatic ring is 1. The molecule has 0 radical (unpaired) electrons. The van der Waals surface area contributed by atoms with Gasteiger partial charge in [0.2, 0.25) is 0 Å². The average Bonchev–Trinajstić information content (AvgIpc) is 2.69. The Bertz CT molecular complexity index is 561. The summed E-state index contributed by atoms with van der Waals surface area (Å²) in [7, 11) is 1.80. The van der Waals surface area contributed by atoms with Crippen LogP contribution in [0.15, 0.2) is 24.8 Å². The first-order valence-corrected chi connectivity index (χ1v) is 5.07. The zero-order chi connectivity index (χ0) is 12.4. The fourth-order valence-corrected chi connectivity index (χ4v) is 1.43. The summed E-state index contributed by atoms with van der Waals surface area (Å²) in [5.41, 5.74) is 7.32. The van der Waals surface area contributed by atoms with E-state index in [9.17, 15) is 4.79 Å². The van der Waals surface area contributed by atoms with E-state index < -0.39 is 0 Å². The van der Waals surface area contributed by atoms with E-state index in [1.807, 2.05) is 6.92 Å². The van der Waals surface area contributed by atoms with Crippen molar-refractivity contribution in [1.82, 2.24) is 14.5 Å². The maximum atomic E-state index is 11.8. The van der Waals surface area contributed by atoms with Crippen LogP contribution in [0.4, 0.5) is 11.5 Å². The molecule has 0 saturated carbocycles. The van der Waals surface area contributed by atoms with E-state index in [1.165, 1.54) is 6.20 Å². The molecule has 0 bridgehead atoms. The van der Waals surface area contributed by atoms with Crippen LogP contribution in [0.5, 0.6) is 0 Å². The van der Waals surface area contributed by atoms with Crippen LogP contribution >= 0.6 is 0 Å². The molecule has 0 fully saturated rings. The third-order valence-corrected chi connectivity index (χ3v) is 2.27. The molecule has 0 spiro atoms. The molecule has 1 amide bonds. The predicted octanol–water partition coefficient (Wildman–Crippen LogP) is 0.958. The third kappa shape index (κ3) is 2.41. The lowest BCUT2D eigenvalue weighted by Crippen LogP contribution is -2.14. The van der Waals surface area contributed by atoms with Crippen molar-refractivity contribution < 1.29 is 4.79 Å². The van der Waals surface area contributed by atoms with Gasteiger partial charge in [-0.25, -0.2) is 9.97 Å². The summed E-state index contributed by atoms with van der Waals surface area (Å²) in [6, 6.07) is 1.75. The summed E-state index contributed by atoms with van der Waals surface area (Å²) in [5, 5.41) is 2.69. The maximum Gasteiger partial charge on any atom is 0.277 e. The average molecular weight is 231 g/mol. The van der Waals surface area contributed by atoms with Crippen molar-refractivity contribution in [2.24, 2.45) is 7.05 Å². The summed E-state index contributed by atoms with van der Waals surface area (Å²) in [4.78, 5) is 19.8. The number of rotatable bonds is 2. The molecular formula is C11H13N5O. The first kappa shape index (κ1) is 11.1. The number of nitrogens with two attached hydrogens (primary N) is 1. The lowest BCUT2D eigenvalue weighted by atomic mass is 10.2. The van der Waals surface area contributed by atoms with Crippen LogP contribution in [-0.4, -0.2) is 20.4 Å². The standard InChI is InChI=1S/C11H13N5O/c1-7-3-8(12)4-13-10(7)15-11(17)9-5-16(2)6-14-9/h3-6H,12H2,1-2H3,(H,13,15,17). The quantitative estimate of drug-likeness (QED) is 0.806. The second-order valence-electron chi connectivity index (χ2n) is 3.81. The van der Waals surface area contributed by atoms with E-state index >= 15 is 0 Å². The van der Waals surface area contributed by atoms with Crippen LogP contribution in [-0.2, 0) is 7.05 Å². The molecule has 88 valence electrons. The molecule has 0 aliphatic heterocycles. The maximum absolute atomic E-state index is 11.8. The summed E-state index contributed by atoms with van der Waals surface area (Å²) < 4.78 is 1.71. The summed E-state index contributed by atoms with van der Waals surface area (Å²) in [5.74, 6) is 0.209. The highest BCUT2D eigenvalue weighted by Gasteiger charge is 2.10. The highest BCUT2D eigenvalue weighted by Crippen LogP contribution is 2.14. The van der Waals surface area contributed by atoms with Gasteiger partial charge in [0.25, 0.3) is 5.91 Å². The number of imidazole rings is 1. The van der Waals surface area contributed by atoms with Crippen molar-refractivity contribution >= 4 is 17.4 Å². The zero-order valence-electron chi connectivity index (χ0n) is 9.64. The number of aromatic nitrogens is 3. The number of pyridine rings is 1. The number of hydrogen-bond acceptors (Lipinski definition) is 4. The van der Waals surface area contributed by atoms with E-state index in [1.54, 1.807) is 30.2 Å². The molecule has 0 saturated heterocycles. The van der Waals surface area contributed by atoms with Gasteiger partial charge in [0.15, 0.2) is 0 Å². The fraction of sp³-hybridized carbons (Fsp3) is 0.182. The molecule has 0 aliphatic carbocycles. The largest absolute Gasteiger partial charge is 0.397 e. The number of carbonyl (C=O) groups is 1. The Labute approximate surface area is 98.5 Å².